The maximum atomic E-state index is 13.4. The van der Waals surface area contributed by atoms with E-state index in [1.54, 1.807) is 44.4 Å². The van der Waals surface area contributed by atoms with Crippen molar-refractivity contribution in [2.75, 3.05) is 51.8 Å². The molecule has 1 saturated heterocycles. The van der Waals surface area contributed by atoms with Crippen molar-refractivity contribution in [2.45, 2.75) is 45.8 Å². The molecule has 1 amide bonds. The van der Waals surface area contributed by atoms with Crippen LogP contribution in [-0.2, 0) is 15.0 Å². The zero-order chi connectivity index (χ0) is 28.7. The largest absolute Gasteiger partial charge is 0.478 e. The highest BCUT2D eigenvalue weighted by Gasteiger charge is 2.45. The van der Waals surface area contributed by atoms with E-state index in [0.717, 1.165) is 52.8 Å². The summed E-state index contributed by atoms with van der Waals surface area (Å²) in [6, 6.07) is 3.73. The Morgan fingerprint density at radius 1 is 1.23 bits per heavy atom. The van der Waals surface area contributed by atoms with Gasteiger partial charge in [-0.05, 0) is 46.8 Å². The lowest BCUT2D eigenvalue weighted by molar-refractivity contribution is 0.0263. The third-order valence-corrected chi connectivity index (χ3v) is 8.26. The van der Waals surface area contributed by atoms with Gasteiger partial charge in [0.15, 0.2) is 0 Å². The number of hydrogen-bond donors (Lipinski definition) is 1. The van der Waals surface area contributed by atoms with Crippen molar-refractivity contribution >= 4 is 35.0 Å². The molecule has 0 radical (unpaired) electrons. The zero-order valence-corrected chi connectivity index (χ0v) is 24.5. The number of anilines is 2. The minimum absolute atomic E-state index is 0.0439. The fourth-order valence-corrected chi connectivity index (χ4v) is 6.00. The number of carbonyl (C=O) groups is 2. The second-order valence-electron chi connectivity index (χ2n) is 11.2. The highest BCUT2D eigenvalue weighted by atomic mass is 32.1. The molecule has 2 aliphatic heterocycles. The molecule has 1 N–H and O–H groups in total. The number of ether oxygens (including phenoxy) is 3. The number of fused-ring (bicyclic) bond motifs is 1. The molecule has 0 aliphatic carbocycles. The molecular weight excluding hydrogens is 534 g/mol. The first kappa shape index (κ1) is 28.0. The molecule has 5 rings (SSSR count). The molecule has 3 aromatic heterocycles. The van der Waals surface area contributed by atoms with E-state index in [0.29, 0.717) is 23.9 Å². The smallest absolute Gasteiger partial charge is 0.435 e. The summed E-state index contributed by atoms with van der Waals surface area (Å²) in [5.41, 5.74) is 0.725. The molecule has 13 heteroatoms. The van der Waals surface area contributed by atoms with E-state index in [4.69, 9.17) is 14.2 Å². The fourth-order valence-electron chi connectivity index (χ4n) is 4.77. The number of rotatable bonds is 7. The average Bonchev–Trinajstić information content (AvgIpc) is 3.57. The first-order chi connectivity index (χ1) is 19.0. The van der Waals surface area contributed by atoms with Crippen LogP contribution in [0.5, 0.6) is 5.88 Å². The van der Waals surface area contributed by atoms with Gasteiger partial charge in [-0.15, -0.1) is 16.4 Å². The van der Waals surface area contributed by atoms with Crippen molar-refractivity contribution < 1.29 is 23.8 Å². The van der Waals surface area contributed by atoms with Crippen LogP contribution in [-0.4, -0.2) is 93.7 Å². The molecule has 0 atom stereocenters. The number of aromatic nitrogens is 4. The van der Waals surface area contributed by atoms with E-state index < -0.39 is 17.2 Å². The van der Waals surface area contributed by atoms with Crippen LogP contribution in [0.3, 0.4) is 0 Å². The molecule has 0 aromatic carbocycles. The molecule has 0 spiro atoms. The van der Waals surface area contributed by atoms with Gasteiger partial charge in [-0.25, -0.2) is 14.8 Å². The first-order valence-corrected chi connectivity index (χ1v) is 14.0. The highest BCUT2D eigenvalue weighted by Crippen LogP contribution is 2.46. The van der Waals surface area contributed by atoms with Crippen molar-refractivity contribution in [1.82, 2.24) is 29.5 Å². The Labute approximate surface area is 237 Å². The minimum atomic E-state index is -0.669. The van der Waals surface area contributed by atoms with Crippen molar-refractivity contribution in [3.8, 4) is 16.5 Å². The number of carbonyl (C=O) groups excluding carboxylic acids is 2. The van der Waals surface area contributed by atoms with Gasteiger partial charge in [-0.3, -0.25) is 9.69 Å². The Bertz CT molecular complexity index is 1400. The molecule has 40 heavy (non-hydrogen) atoms. The maximum Gasteiger partial charge on any atom is 0.435 e. The second-order valence-corrected chi connectivity index (χ2v) is 12.2. The Kier molecular flexibility index (Phi) is 7.55. The van der Waals surface area contributed by atoms with Gasteiger partial charge in [0.2, 0.25) is 5.95 Å². The number of amides is 1. The van der Waals surface area contributed by atoms with E-state index in [2.05, 4.69) is 39.1 Å². The van der Waals surface area contributed by atoms with E-state index in [9.17, 15) is 9.59 Å². The lowest BCUT2D eigenvalue weighted by Crippen LogP contribution is -2.46. The number of hydrogen-bond acceptors (Lipinski definition) is 11. The van der Waals surface area contributed by atoms with Crippen molar-refractivity contribution in [2.24, 2.45) is 0 Å². The summed E-state index contributed by atoms with van der Waals surface area (Å²) in [5.74, 6) is 0.535. The maximum absolute atomic E-state index is 13.4. The van der Waals surface area contributed by atoms with Gasteiger partial charge in [0.25, 0.3) is 11.8 Å². The van der Waals surface area contributed by atoms with Crippen molar-refractivity contribution in [1.29, 1.82) is 0 Å². The third-order valence-electron chi connectivity index (χ3n) is 6.79. The molecule has 5 heterocycles. The quantitative estimate of drug-likeness (QED) is 0.447. The predicted molar refractivity (Wildman–Crippen MR) is 150 cm³/mol. The van der Waals surface area contributed by atoms with Crippen LogP contribution in [0, 0.1) is 0 Å². The Morgan fingerprint density at radius 3 is 2.65 bits per heavy atom. The van der Waals surface area contributed by atoms with Gasteiger partial charge in [-0.2, -0.15) is 4.68 Å². The minimum Gasteiger partial charge on any atom is -0.478 e. The van der Waals surface area contributed by atoms with Crippen LogP contribution in [0.4, 0.5) is 16.4 Å². The van der Waals surface area contributed by atoms with E-state index >= 15 is 0 Å². The summed E-state index contributed by atoms with van der Waals surface area (Å²) in [7, 11) is 1.46. The second kappa shape index (κ2) is 10.8. The summed E-state index contributed by atoms with van der Waals surface area (Å²) in [6.07, 6.45) is 2.48. The van der Waals surface area contributed by atoms with E-state index in [1.165, 1.54) is 13.3 Å². The summed E-state index contributed by atoms with van der Waals surface area (Å²) in [6.45, 7) is 14.3. The van der Waals surface area contributed by atoms with Gasteiger partial charge in [0.05, 0.1) is 48.2 Å². The SMILES string of the molecule is COc1nn(C(=O)OC(C)(C)C)cc1Nc1nccc(-c2cc3c(s2)C(C)(C)N(CCN2CCOCC2)C3=O)n1. The van der Waals surface area contributed by atoms with Crippen LogP contribution in [0.25, 0.3) is 10.6 Å². The summed E-state index contributed by atoms with van der Waals surface area (Å²) in [5, 5.41) is 7.23. The molecular formula is C27H35N7O5S. The molecule has 1 fully saturated rings. The van der Waals surface area contributed by atoms with Gasteiger partial charge in [-0.1, -0.05) is 0 Å². The molecule has 2 aliphatic rings. The van der Waals surface area contributed by atoms with Crippen LogP contribution in [0.1, 0.15) is 49.9 Å². The normalized spacial score (nSPS) is 17.1. The van der Waals surface area contributed by atoms with Crippen LogP contribution in [0.2, 0.25) is 0 Å². The van der Waals surface area contributed by atoms with Crippen LogP contribution in [0.15, 0.2) is 24.5 Å². The fraction of sp³-hybridized carbons (Fsp3) is 0.519. The number of morpholine rings is 1. The monoisotopic (exact) mass is 569 g/mol. The van der Waals surface area contributed by atoms with Gasteiger partial charge in [0.1, 0.15) is 11.3 Å². The molecule has 3 aromatic rings. The molecule has 0 saturated carbocycles. The van der Waals surface area contributed by atoms with Gasteiger partial charge in [0, 0.05) is 37.3 Å². The third kappa shape index (κ3) is 5.67. The molecule has 12 nitrogen and oxygen atoms in total. The number of thiophene rings is 1. The van der Waals surface area contributed by atoms with Crippen LogP contribution < -0.4 is 10.1 Å². The lowest BCUT2D eigenvalue weighted by atomic mass is 10.0. The number of nitrogens with one attached hydrogen (secondary N) is 1. The predicted octanol–water partition coefficient (Wildman–Crippen LogP) is 3.96. The zero-order valence-electron chi connectivity index (χ0n) is 23.7. The number of methoxy groups -OCH3 is 1. The Morgan fingerprint density at radius 2 is 1.98 bits per heavy atom. The lowest BCUT2D eigenvalue weighted by Gasteiger charge is -2.35. The van der Waals surface area contributed by atoms with E-state index in [1.807, 2.05) is 11.0 Å². The van der Waals surface area contributed by atoms with Gasteiger partial charge < -0.3 is 24.4 Å². The summed E-state index contributed by atoms with van der Waals surface area (Å²) >= 11 is 1.57. The Hall–Kier alpha value is -3.55. The van der Waals surface area contributed by atoms with E-state index in [-0.39, 0.29) is 11.8 Å². The van der Waals surface area contributed by atoms with Crippen molar-refractivity contribution in [3.05, 3.63) is 35.0 Å². The first-order valence-electron chi connectivity index (χ1n) is 13.2. The standard InChI is InChI=1S/C27H35N7O5S/c1-26(2,3)39-25(36)34-16-19(22(31-34)37-6)30-24-28-8-7-18(29-24)20-15-17-21(40-20)27(4,5)33(23(17)35)10-9-32-11-13-38-14-12-32/h7-8,15-16H,9-14H2,1-6H3,(H,28,29,30). The average molecular weight is 570 g/mol. The van der Waals surface area contributed by atoms with Crippen molar-refractivity contribution in [3.63, 3.8) is 0 Å². The topological polar surface area (TPSA) is 124 Å². The van der Waals surface area contributed by atoms with Crippen LogP contribution >= 0.6 is 11.3 Å². The summed E-state index contributed by atoms with van der Waals surface area (Å²) in [4.78, 5) is 41.1. The number of nitrogens with zero attached hydrogens (tertiary/aromatic N) is 6. The molecule has 214 valence electrons. The molecule has 0 bridgehead atoms. The summed E-state index contributed by atoms with van der Waals surface area (Å²) < 4.78 is 17.2. The molecule has 0 unspecified atom stereocenters. The Balaban J connectivity index is 1.32. The van der Waals surface area contributed by atoms with Gasteiger partial charge >= 0.3 is 6.09 Å². The highest BCUT2D eigenvalue weighted by molar-refractivity contribution is 7.16.